The van der Waals surface area contributed by atoms with E-state index in [1.165, 1.54) is 18.2 Å². The second kappa shape index (κ2) is 4.93. The smallest absolute Gasteiger partial charge is 0.339 e. The van der Waals surface area contributed by atoms with Crippen molar-refractivity contribution in [1.82, 2.24) is 0 Å². The van der Waals surface area contributed by atoms with Crippen molar-refractivity contribution in [2.75, 3.05) is 6.61 Å². The first kappa shape index (κ1) is 12.4. The van der Waals surface area contributed by atoms with E-state index in [0.717, 1.165) is 0 Å². The maximum atomic E-state index is 10.7. The molecule has 0 aliphatic carbocycles. The van der Waals surface area contributed by atoms with Crippen LogP contribution in [0.25, 0.3) is 0 Å². The first-order valence-corrected chi connectivity index (χ1v) is 4.51. The van der Waals surface area contributed by atoms with Crippen LogP contribution >= 0.6 is 0 Å². The molecule has 88 valence electrons. The van der Waals surface area contributed by atoms with E-state index in [9.17, 15) is 20.1 Å². The molecule has 0 saturated carbocycles. The maximum Gasteiger partial charge on any atom is 0.339 e. The summed E-state index contributed by atoms with van der Waals surface area (Å²) in [6, 6.07) is 3.76. The molecule has 0 fully saturated rings. The third-order valence-corrected chi connectivity index (χ3v) is 2.17. The van der Waals surface area contributed by atoms with Crippen LogP contribution < -0.4 is 0 Å². The quantitative estimate of drug-likeness (QED) is 0.473. The minimum atomic E-state index is -1.54. The lowest BCUT2D eigenvalue weighted by atomic mass is 10.0. The van der Waals surface area contributed by atoms with E-state index >= 15 is 0 Å². The van der Waals surface area contributed by atoms with Crippen molar-refractivity contribution in [1.29, 1.82) is 0 Å². The van der Waals surface area contributed by atoms with E-state index in [4.69, 9.17) is 10.2 Å². The predicted molar refractivity (Wildman–Crippen MR) is 53.1 cm³/mol. The number of aliphatic hydroxyl groups excluding tert-OH is 3. The number of para-hydroxylation sites is 1. The summed E-state index contributed by atoms with van der Waals surface area (Å²) in [6.45, 7) is -0.697. The van der Waals surface area contributed by atoms with Gasteiger partial charge in [0.2, 0.25) is 0 Å². The van der Waals surface area contributed by atoms with E-state index in [2.05, 4.69) is 0 Å². The van der Waals surface area contributed by atoms with Gasteiger partial charge in [-0.15, -0.1) is 0 Å². The van der Waals surface area contributed by atoms with Crippen molar-refractivity contribution in [3.63, 3.8) is 0 Å². The minimum Gasteiger partial charge on any atom is -0.507 e. The van der Waals surface area contributed by atoms with Crippen LogP contribution in [0, 0.1) is 0 Å². The number of phenols is 1. The van der Waals surface area contributed by atoms with Gasteiger partial charge in [-0.25, -0.2) is 4.79 Å². The van der Waals surface area contributed by atoms with Crippen molar-refractivity contribution < 1.29 is 30.3 Å². The van der Waals surface area contributed by atoms with Gasteiger partial charge in [-0.05, 0) is 6.07 Å². The molecule has 0 saturated heterocycles. The zero-order chi connectivity index (χ0) is 12.3. The Kier molecular flexibility index (Phi) is 3.83. The molecule has 0 radical (unpaired) electrons. The molecule has 6 nitrogen and oxygen atoms in total. The van der Waals surface area contributed by atoms with Crippen LogP contribution in [-0.4, -0.2) is 44.2 Å². The molecule has 16 heavy (non-hydrogen) atoms. The molecule has 2 atom stereocenters. The van der Waals surface area contributed by atoms with Gasteiger partial charge in [-0.2, -0.15) is 0 Å². The highest BCUT2D eigenvalue weighted by atomic mass is 16.4. The lowest BCUT2D eigenvalue weighted by Crippen LogP contribution is -2.22. The van der Waals surface area contributed by atoms with Gasteiger partial charge in [-0.1, -0.05) is 12.1 Å². The first-order chi connectivity index (χ1) is 7.49. The fourth-order valence-corrected chi connectivity index (χ4v) is 1.28. The minimum absolute atomic E-state index is 0.138. The zero-order valence-corrected chi connectivity index (χ0v) is 8.24. The summed E-state index contributed by atoms with van der Waals surface area (Å²) in [6.07, 6.45) is -3.01. The van der Waals surface area contributed by atoms with Gasteiger partial charge in [-0.3, -0.25) is 0 Å². The predicted octanol–water partition coefficient (Wildman–Crippen LogP) is -0.523. The number of aromatic hydroxyl groups is 1. The Morgan fingerprint density at radius 2 is 1.94 bits per heavy atom. The van der Waals surface area contributed by atoms with E-state index in [1.54, 1.807) is 0 Å². The molecule has 5 N–H and O–H groups in total. The van der Waals surface area contributed by atoms with Gasteiger partial charge in [0.25, 0.3) is 0 Å². The second-order valence-electron chi connectivity index (χ2n) is 3.24. The fourth-order valence-electron chi connectivity index (χ4n) is 1.28. The summed E-state index contributed by atoms with van der Waals surface area (Å²) in [5.41, 5.74) is -0.511. The van der Waals surface area contributed by atoms with Crippen LogP contribution in [0.4, 0.5) is 0 Å². The Morgan fingerprint density at radius 3 is 2.44 bits per heavy atom. The molecule has 2 unspecified atom stereocenters. The Labute approximate surface area is 91.0 Å². The summed E-state index contributed by atoms with van der Waals surface area (Å²) >= 11 is 0. The Bertz CT molecular complexity index is 389. The molecular formula is C10H12O6. The highest BCUT2D eigenvalue weighted by Gasteiger charge is 2.23. The van der Waals surface area contributed by atoms with Crippen molar-refractivity contribution in [2.45, 2.75) is 12.2 Å². The number of aliphatic hydroxyl groups is 3. The second-order valence-corrected chi connectivity index (χ2v) is 3.24. The lowest BCUT2D eigenvalue weighted by Gasteiger charge is -2.17. The van der Waals surface area contributed by atoms with Crippen LogP contribution in [0.1, 0.15) is 22.0 Å². The number of rotatable bonds is 4. The normalized spacial score (nSPS) is 14.4. The van der Waals surface area contributed by atoms with E-state index in [0.29, 0.717) is 0 Å². The third-order valence-electron chi connectivity index (χ3n) is 2.17. The van der Waals surface area contributed by atoms with Gasteiger partial charge in [0, 0.05) is 5.56 Å². The monoisotopic (exact) mass is 228 g/mol. The SMILES string of the molecule is O=C(O)c1cccc(C(O)C(O)CO)c1O. The molecule has 0 aliphatic heterocycles. The molecule has 0 heterocycles. The summed E-state index contributed by atoms with van der Waals surface area (Å²) in [5.74, 6) is -1.96. The number of hydrogen-bond acceptors (Lipinski definition) is 5. The summed E-state index contributed by atoms with van der Waals surface area (Å²) in [4.78, 5) is 10.7. The average molecular weight is 228 g/mol. The van der Waals surface area contributed by atoms with Crippen molar-refractivity contribution in [2.24, 2.45) is 0 Å². The number of carboxylic acid groups (broad SMARTS) is 1. The van der Waals surface area contributed by atoms with Crippen LogP contribution in [0.3, 0.4) is 0 Å². The van der Waals surface area contributed by atoms with Gasteiger partial charge in [0.1, 0.15) is 23.5 Å². The Balaban J connectivity index is 3.15. The van der Waals surface area contributed by atoms with Crippen LogP contribution in [0.15, 0.2) is 18.2 Å². The van der Waals surface area contributed by atoms with Crippen molar-refractivity contribution in [3.05, 3.63) is 29.3 Å². The first-order valence-electron chi connectivity index (χ1n) is 4.51. The molecular weight excluding hydrogens is 216 g/mol. The lowest BCUT2D eigenvalue weighted by molar-refractivity contribution is -0.0162. The molecule has 0 spiro atoms. The number of benzene rings is 1. The number of carboxylic acids is 1. The van der Waals surface area contributed by atoms with Gasteiger partial charge < -0.3 is 25.5 Å². The molecule has 1 aromatic carbocycles. The van der Waals surface area contributed by atoms with Crippen LogP contribution in [0.2, 0.25) is 0 Å². The Morgan fingerprint density at radius 1 is 1.31 bits per heavy atom. The molecule has 6 heteroatoms. The van der Waals surface area contributed by atoms with Gasteiger partial charge in [0.15, 0.2) is 0 Å². The summed E-state index contributed by atoms with van der Waals surface area (Å²) in [7, 11) is 0. The van der Waals surface area contributed by atoms with Gasteiger partial charge in [0.05, 0.1) is 6.61 Å². The molecule has 0 aromatic heterocycles. The summed E-state index contributed by atoms with van der Waals surface area (Å²) in [5, 5.41) is 45.6. The number of aromatic carboxylic acids is 1. The highest BCUT2D eigenvalue weighted by Crippen LogP contribution is 2.29. The zero-order valence-electron chi connectivity index (χ0n) is 8.24. The van der Waals surface area contributed by atoms with Crippen molar-refractivity contribution in [3.8, 4) is 5.75 Å². The van der Waals surface area contributed by atoms with Crippen LogP contribution in [-0.2, 0) is 0 Å². The molecule has 0 aliphatic rings. The van der Waals surface area contributed by atoms with Crippen molar-refractivity contribution >= 4 is 5.97 Å². The van der Waals surface area contributed by atoms with Crippen LogP contribution in [0.5, 0.6) is 5.75 Å². The topological polar surface area (TPSA) is 118 Å². The number of carbonyl (C=O) groups is 1. The molecule has 0 bridgehead atoms. The summed E-state index contributed by atoms with van der Waals surface area (Å²) < 4.78 is 0. The van der Waals surface area contributed by atoms with E-state index in [1.807, 2.05) is 0 Å². The molecule has 1 aromatic rings. The highest BCUT2D eigenvalue weighted by molar-refractivity contribution is 5.91. The largest absolute Gasteiger partial charge is 0.507 e. The third kappa shape index (κ3) is 2.30. The number of hydrogen-bond donors (Lipinski definition) is 5. The van der Waals surface area contributed by atoms with E-state index in [-0.39, 0.29) is 11.1 Å². The molecule has 0 amide bonds. The average Bonchev–Trinajstić information content (AvgIpc) is 2.27. The molecule has 1 rings (SSSR count). The standard InChI is InChI=1S/C10H12O6/c11-4-7(12)9(14)5-2-1-3-6(8(5)13)10(15)16/h1-3,7,9,11-14H,4H2,(H,15,16). The fraction of sp³-hybridized carbons (Fsp3) is 0.300. The van der Waals surface area contributed by atoms with E-state index < -0.39 is 30.5 Å². The Hall–Kier alpha value is -1.63. The maximum absolute atomic E-state index is 10.7. The van der Waals surface area contributed by atoms with Gasteiger partial charge >= 0.3 is 5.97 Å².